The second-order valence-electron chi connectivity index (χ2n) is 7.13. The van der Waals surface area contributed by atoms with Crippen LogP contribution in [-0.4, -0.2) is 31.4 Å². The molecule has 5 heteroatoms. The molecule has 2 rings (SSSR count). The van der Waals surface area contributed by atoms with E-state index in [-0.39, 0.29) is 0 Å². The summed E-state index contributed by atoms with van der Waals surface area (Å²) < 4.78 is 0. The lowest BCUT2D eigenvalue weighted by Crippen LogP contribution is -2.20. The SMILES string of the molecule is C=Cc1scc(C(=C)C)c1/N=C/NCCCCCN(C)Cc1ccccc1C#N. The minimum Gasteiger partial charge on any atom is -0.376 e. The van der Waals surface area contributed by atoms with Gasteiger partial charge in [0.05, 0.1) is 28.5 Å². The lowest BCUT2D eigenvalue weighted by molar-refractivity contribution is 0.317. The topological polar surface area (TPSA) is 51.4 Å². The Labute approximate surface area is 178 Å². The summed E-state index contributed by atoms with van der Waals surface area (Å²) in [6.45, 7) is 12.6. The first-order chi connectivity index (χ1) is 14.1. The first-order valence-corrected chi connectivity index (χ1v) is 10.8. The van der Waals surface area contributed by atoms with Gasteiger partial charge in [-0.05, 0) is 56.6 Å². The Morgan fingerprint density at radius 2 is 2.10 bits per heavy atom. The maximum Gasteiger partial charge on any atom is 0.0995 e. The molecule has 0 radical (unpaired) electrons. The van der Waals surface area contributed by atoms with Gasteiger partial charge in [-0.1, -0.05) is 37.8 Å². The molecule has 4 nitrogen and oxygen atoms in total. The molecule has 1 aromatic carbocycles. The van der Waals surface area contributed by atoms with Crippen molar-refractivity contribution in [3.63, 3.8) is 0 Å². The van der Waals surface area contributed by atoms with E-state index in [0.29, 0.717) is 0 Å². The van der Waals surface area contributed by atoms with Crippen LogP contribution in [0.5, 0.6) is 0 Å². The van der Waals surface area contributed by atoms with Gasteiger partial charge in [0, 0.05) is 24.0 Å². The van der Waals surface area contributed by atoms with Crippen molar-refractivity contribution in [2.75, 3.05) is 20.1 Å². The smallest absolute Gasteiger partial charge is 0.0995 e. The van der Waals surface area contributed by atoms with Crippen LogP contribution in [0.15, 0.2) is 47.8 Å². The highest BCUT2D eigenvalue weighted by Crippen LogP contribution is 2.35. The summed E-state index contributed by atoms with van der Waals surface area (Å²) in [6.07, 6.45) is 7.01. The lowest BCUT2D eigenvalue weighted by atomic mass is 10.1. The minimum atomic E-state index is 0.767. The summed E-state index contributed by atoms with van der Waals surface area (Å²) in [5.74, 6) is 0. The Hall–Kier alpha value is -2.68. The van der Waals surface area contributed by atoms with Crippen LogP contribution < -0.4 is 5.32 Å². The molecule has 1 N–H and O–H groups in total. The molecule has 0 aliphatic heterocycles. The Bertz CT molecular complexity index is 889. The number of unbranched alkanes of at least 4 members (excludes halogenated alkanes) is 2. The van der Waals surface area contributed by atoms with Gasteiger partial charge in [-0.25, -0.2) is 4.99 Å². The molecule has 0 aliphatic rings. The molecule has 0 unspecified atom stereocenters. The zero-order valence-corrected chi connectivity index (χ0v) is 18.3. The second kappa shape index (κ2) is 12.0. The Morgan fingerprint density at radius 1 is 1.31 bits per heavy atom. The van der Waals surface area contributed by atoms with Gasteiger partial charge in [-0.15, -0.1) is 11.3 Å². The van der Waals surface area contributed by atoms with E-state index in [1.165, 1.54) is 0 Å². The second-order valence-corrected chi connectivity index (χ2v) is 8.04. The van der Waals surface area contributed by atoms with Gasteiger partial charge in [0.25, 0.3) is 0 Å². The van der Waals surface area contributed by atoms with Crippen LogP contribution in [0, 0.1) is 11.3 Å². The average Bonchev–Trinajstić information content (AvgIpc) is 3.13. The lowest BCUT2D eigenvalue weighted by Gasteiger charge is -2.17. The van der Waals surface area contributed by atoms with Crippen molar-refractivity contribution < 1.29 is 0 Å². The van der Waals surface area contributed by atoms with E-state index < -0.39 is 0 Å². The standard InChI is InChI=1S/C24H30N4S/c1-5-23-24(22(17-29-23)19(2)3)27-18-26-13-9-6-10-14-28(4)16-21-12-8-7-11-20(21)15-25/h5,7-8,11-12,17-18H,1-2,6,9-10,13-14,16H2,3-4H3,(H,26,27). The number of aliphatic imine (C=N–C) groups is 1. The molecule has 0 atom stereocenters. The quantitative estimate of drug-likeness (QED) is 0.273. The molecule has 0 fully saturated rings. The Kier molecular flexibility index (Phi) is 9.36. The van der Waals surface area contributed by atoms with Gasteiger partial charge >= 0.3 is 0 Å². The maximum atomic E-state index is 9.19. The third-order valence-corrected chi connectivity index (χ3v) is 5.63. The molecule has 2 aromatic rings. The van der Waals surface area contributed by atoms with E-state index >= 15 is 0 Å². The zero-order valence-electron chi connectivity index (χ0n) is 17.4. The number of hydrogen-bond acceptors (Lipinski definition) is 4. The number of thiophene rings is 1. The fraction of sp³-hybridized carbons (Fsp3) is 0.333. The van der Waals surface area contributed by atoms with Crippen molar-refractivity contribution in [1.29, 1.82) is 5.26 Å². The van der Waals surface area contributed by atoms with Gasteiger partial charge < -0.3 is 10.2 Å². The molecule has 0 aliphatic carbocycles. The monoisotopic (exact) mass is 406 g/mol. The third-order valence-electron chi connectivity index (χ3n) is 4.66. The van der Waals surface area contributed by atoms with Crippen LogP contribution in [0.1, 0.15) is 47.8 Å². The molecular formula is C24H30N4S. The minimum absolute atomic E-state index is 0.767. The molecule has 0 saturated carbocycles. The van der Waals surface area contributed by atoms with Gasteiger partial charge in [0.15, 0.2) is 0 Å². The van der Waals surface area contributed by atoms with E-state index in [1.54, 1.807) is 17.7 Å². The highest BCUT2D eigenvalue weighted by molar-refractivity contribution is 7.11. The van der Waals surface area contributed by atoms with E-state index in [9.17, 15) is 5.26 Å². The van der Waals surface area contributed by atoms with Crippen LogP contribution in [0.25, 0.3) is 11.6 Å². The zero-order chi connectivity index (χ0) is 21.1. The van der Waals surface area contributed by atoms with Crippen molar-refractivity contribution in [2.45, 2.75) is 32.7 Å². The number of rotatable bonds is 12. The number of hydrogen-bond donors (Lipinski definition) is 1. The fourth-order valence-electron chi connectivity index (χ4n) is 3.04. The van der Waals surface area contributed by atoms with E-state index in [1.807, 2.05) is 37.3 Å². The van der Waals surface area contributed by atoms with Crippen molar-refractivity contribution in [2.24, 2.45) is 4.99 Å². The highest BCUT2D eigenvalue weighted by Gasteiger charge is 2.08. The molecule has 0 spiro atoms. The van der Waals surface area contributed by atoms with Gasteiger partial charge in [-0.3, -0.25) is 0 Å². The number of nitrogens with zero attached hydrogens (tertiary/aromatic N) is 3. The number of allylic oxidation sites excluding steroid dienone is 1. The van der Waals surface area contributed by atoms with E-state index in [0.717, 1.165) is 71.7 Å². The molecular weight excluding hydrogens is 376 g/mol. The number of nitriles is 1. The molecule has 0 saturated heterocycles. The molecule has 1 heterocycles. The van der Waals surface area contributed by atoms with Gasteiger partial charge in [0.2, 0.25) is 0 Å². The van der Waals surface area contributed by atoms with Crippen LogP contribution in [0.3, 0.4) is 0 Å². The highest BCUT2D eigenvalue weighted by atomic mass is 32.1. The van der Waals surface area contributed by atoms with Crippen LogP contribution in [0.4, 0.5) is 5.69 Å². The van der Waals surface area contributed by atoms with E-state index in [2.05, 4.69) is 46.9 Å². The Balaban J connectivity index is 1.66. The summed E-state index contributed by atoms with van der Waals surface area (Å²) in [5, 5.41) is 14.5. The fourth-order valence-corrected chi connectivity index (χ4v) is 3.97. The molecule has 29 heavy (non-hydrogen) atoms. The van der Waals surface area contributed by atoms with Crippen LogP contribution in [0.2, 0.25) is 0 Å². The van der Waals surface area contributed by atoms with Gasteiger partial charge in [-0.2, -0.15) is 5.26 Å². The summed E-state index contributed by atoms with van der Waals surface area (Å²) in [6, 6.07) is 10.1. The van der Waals surface area contributed by atoms with Crippen molar-refractivity contribution >= 4 is 35.0 Å². The summed E-state index contributed by atoms with van der Waals surface area (Å²) in [5.41, 5.74) is 4.91. The van der Waals surface area contributed by atoms with Crippen molar-refractivity contribution in [3.05, 3.63) is 64.4 Å². The molecule has 1 aromatic heterocycles. The van der Waals surface area contributed by atoms with Crippen LogP contribution in [-0.2, 0) is 6.54 Å². The Morgan fingerprint density at radius 3 is 2.83 bits per heavy atom. The first-order valence-electron chi connectivity index (χ1n) is 9.89. The first kappa shape index (κ1) is 22.6. The number of benzene rings is 1. The normalized spacial score (nSPS) is 11.0. The van der Waals surface area contributed by atoms with Crippen LogP contribution >= 0.6 is 11.3 Å². The molecule has 152 valence electrons. The summed E-state index contributed by atoms with van der Waals surface area (Å²) >= 11 is 1.64. The summed E-state index contributed by atoms with van der Waals surface area (Å²) in [4.78, 5) is 7.92. The largest absolute Gasteiger partial charge is 0.376 e. The molecule has 0 bridgehead atoms. The van der Waals surface area contributed by atoms with E-state index in [4.69, 9.17) is 0 Å². The third kappa shape index (κ3) is 7.01. The van der Waals surface area contributed by atoms with Crippen molar-refractivity contribution in [3.8, 4) is 6.07 Å². The van der Waals surface area contributed by atoms with Gasteiger partial charge in [0.1, 0.15) is 0 Å². The predicted octanol–water partition coefficient (Wildman–Crippen LogP) is 5.85. The average molecular weight is 407 g/mol. The summed E-state index contributed by atoms with van der Waals surface area (Å²) in [7, 11) is 2.11. The molecule has 0 amide bonds. The number of nitrogens with one attached hydrogen (secondary N) is 1. The predicted molar refractivity (Wildman–Crippen MR) is 127 cm³/mol. The van der Waals surface area contributed by atoms with Crippen molar-refractivity contribution in [1.82, 2.24) is 10.2 Å². The maximum absolute atomic E-state index is 9.19.